The number of hydrogen-bond acceptors (Lipinski definition) is 3. The van der Waals surface area contributed by atoms with Crippen LogP contribution in [0.5, 0.6) is 11.5 Å². The molecule has 2 aromatic carbocycles. The molecular weight excluding hydrogens is 416 g/mol. The maximum absolute atomic E-state index is 12.9. The van der Waals surface area contributed by atoms with Gasteiger partial charge in [-0.15, -0.1) is 5.92 Å². The molecule has 0 radical (unpaired) electrons. The van der Waals surface area contributed by atoms with E-state index < -0.39 is 0 Å². The first-order valence-corrected chi connectivity index (χ1v) is 7.32. The Hall–Kier alpha value is -0.0181. The topological polar surface area (TPSA) is 27.7 Å². The van der Waals surface area contributed by atoms with Crippen LogP contribution in [0.2, 0.25) is 0 Å². The van der Waals surface area contributed by atoms with Gasteiger partial charge < -0.3 is 14.2 Å². The molecule has 2 aromatic rings. The maximum Gasteiger partial charge on any atom is 1.00 e. The summed E-state index contributed by atoms with van der Waals surface area (Å²) < 4.78 is 29.8. The summed E-state index contributed by atoms with van der Waals surface area (Å²) in [4.78, 5) is 0. The van der Waals surface area contributed by atoms with Gasteiger partial charge in [-0.3, -0.25) is 0 Å². The number of rotatable bonds is 5. The van der Waals surface area contributed by atoms with Crippen molar-refractivity contribution in [1.29, 1.82) is 0 Å². The Balaban J connectivity index is 0.00000192. The third kappa shape index (κ3) is 6.08. The van der Waals surface area contributed by atoms with Crippen LogP contribution in [0, 0.1) is 18.3 Å². The van der Waals surface area contributed by atoms with E-state index in [1.54, 1.807) is 18.7 Å². The van der Waals surface area contributed by atoms with Gasteiger partial charge in [-0.1, -0.05) is 25.1 Å². The summed E-state index contributed by atoms with van der Waals surface area (Å²) in [7, 11) is 0. The number of hydrogen-bond donors (Lipinski definition) is 0. The van der Waals surface area contributed by atoms with Crippen LogP contribution >= 0.6 is 0 Å². The van der Waals surface area contributed by atoms with Gasteiger partial charge in [0, 0.05) is 6.07 Å². The molecule has 1 fully saturated rings. The molecule has 1 heterocycles. The van der Waals surface area contributed by atoms with Crippen molar-refractivity contribution in [2.24, 2.45) is 5.92 Å². The molecule has 0 saturated carbocycles. The van der Waals surface area contributed by atoms with E-state index >= 15 is 0 Å². The van der Waals surface area contributed by atoms with Crippen LogP contribution in [0.4, 0.5) is 4.39 Å². The van der Waals surface area contributed by atoms with E-state index in [4.69, 9.17) is 14.2 Å². The molecular formula is C18H18CsFO3. The Morgan fingerprint density at radius 1 is 1.17 bits per heavy atom. The Kier molecular flexibility index (Phi) is 7.94. The minimum atomic E-state index is -0.248. The predicted molar refractivity (Wildman–Crippen MR) is 80.8 cm³/mol. The fourth-order valence-corrected chi connectivity index (χ4v) is 2.25. The van der Waals surface area contributed by atoms with Crippen molar-refractivity contribution in [1.82, 2.24) is 0 Å². The SMILES string of the molecule is C[C@H]1[CH-]OC(Oc2cccc(OCc3ccc(F)cc3)c2)C1.[Cs+]. The fraction of sp³-hybridized carbons (Fsp3) is 0.278. The Labute approximate surface area is 194 Å². The largest absolute Gasteiger partial charge is 1.00 e. The van der Waals surface area contributed by atoms with Gasteiger partial charge in [0.25, 0.3) is 0 Å². The molecule has 0 N–H and O–H groups in total. The van der Waals surface area contributed by atoms with Gasteiger partial charge in [0.15, 0.2) is 6.29 Å². The fourth-order valence-electron chi connectivity index (χ4n) is 2.25. The van der Waals surface area contributed by atoms with Crippen LogP contribution in [0.15, 0.2) is 48.5 Å². The molecule has 1 aliphatic rings. The van der Waals surface area contributed by atoms with Crippen LogP contribution in [-0.2, 0) is 11.3 Å². The van der Waals surface area contributed by atoms with E-state index in [0.29, 0.717) is 24.0 Å². The predicted octanol–water partition coefficient (Wildman–Crippen LogP) is 1.33. The van der Waals surface area contributed by atoms with Crippen molar-refractivity contribution in [3.05, 3.63) is 66.5 Å². The zero-order valence-corrected chi connectivity index (χ0v) is 19.6. The molecule has 2 atom stereocenters. The molecule has 23 heavy (non-hydrogen) atoms. The van der Waals surface area contributed by atoms with E-state index in [2.05, 4.69) is 6.92 Å². The van der Waals surface area contributed by atoms with Gasteiger partial charge >= 0.3 is 68.9 Å². The van der Waals surface area contributed by atoms with Gasteiger partial charge in [-0.05, 0) is 36.2 Å². The summed E-state index contributed by atoms with van der Waals surface area (Å²) in [6.45, 7) is 4.28. The number of ether oxygens (including phenoxy) is 3. The molecule has 0 aliphatic carbocycles. The summed E-state index contributed by atoms with van der Waals surface area (Å²) in [6, 6.07) is 13.7. The third-order valence-corrected chi connectivity index (χ3v) is 3.42. The average molecular weight is 434 g/mol. The van der Waals surface area contributed by atoms with E-state index in [1.165, 1.54) is 12.1 Å². The van der Waals surface area contributed by atoms with Gasteiger partial charge in [-0.2, -0.15) is 0 Å². The zero-order valence-electron chi connectivity index (χ0n) is 13.4. The zero-order chi connectivity index (χ0) is 15.4. The number of benzene rings is 2. The van der Waals surface area contributed by atoms with Crippen molar-refractivity contribution in [2.45, 2.75) is 26.2 Å². The van der Waals surface area contributed by atoms with Crippen LogP contribution < -0.4 is 78.4 Å². The molecule has 116 valence electrons. The molecule has 1 saturated heterocycles. The summed E-state index contributed by atoms with van der Waals surface area (Å²) in [5, 5.41) is 0. The molecule has 3 nitrogen and oxygen atoms in total. The average Bonchev–Trinajstić information content (AvgIpc) is 2.92. The van der Waals surface area contributed by atoms with Gasteiger partial charge in [0.2, 0.25) is 0 Å². The van der Waals surface area contributed by atoms with Crippen molar-refractivity contribution in [2.75, 3.05) is 0 Å². The van der Waals surface area contributed by atoms with Gasteiger partial charge in [0.05, 0.1) is 0 Å². The second kappa shape index (κ2) is 9.46. The van der Waals surface area contributed by atoms with E-state index in [-0.39, 0.29) is 81.0 Å². The van der Waals surface area contributed by atoms with Crippen LogP contribution in [0.3, 0.4) is 0 Å². The smallest absolute Gasteiger partial charge is 0.520 e. The quantitative estimate of drug-likeness (QED) is 0.665. The van der Waals surface area contributed by atoms with Crippen molar-refractivity contribution in [3.8, 4) is 11.5 Å². The minimum Gasteiger partial charge on any atom is -0.520 e. The summed E-state index contributed by atoms with van der Waals surface area (Å²) >= 11 is 0. The Bertz CT molecular complexity index is 618. The standard InChI is InChI=1S/C18H18FO3.Cs/c1-13-9-18(21-11-13)22-17-4-2-3-16(10-17)20-12-14-5-7-15(19)8-6-14;/h2-8,10-11,13,18H,9,12H2,1H3;/q-1;+1/t13-,18?;/m1./s1. The molecule has 0 amide bonds. The van der Waals surface area contributed by atoms with Gasteiger partial charge in [0.1, 0.15) is 23.9 Å². The molecule has 0 aromatic heterocycles. The Morgan fingerprint density at radius 3 is 2.61 bits per heavy atom. The van der Waals surface area contributed by atoms with Gasteiger partial charge in [-0.25, -0.2) is 11.0 Å². The van der Waals surface area contributed by atoms with Crippen LogP contribution in [0.1, 0.15) is 18.9 Å². The first-order valence-electron chi connectivity index (χ1n) is 7.32. The molecule has 1 aliphatic heterocycles. The number of halogens is 1. The molecule has 3 rings (SSSR count). The van der Waals surface area contributed by atoms with E-state index in [1.807, 2.05) is 24.3 Å². The minimum absolute atomic E-state index is 0. The first kappa shape index (κ1) is 19.3. The molecule has 0 spiro atoms. The van der Waals surface area contributed by atoms with Crippen molar-refractivity contribution >= 4 is 0 Å². The van der Waals surface area contributed by atoms with Crippen LogP contribution in [-0.4, -0.2) is 6.29 Å². The molecule has 1 unspecified atom stereocenters. The molecule has 5 heteroatoms. The van der Waals surface area contributed by atoms with Crippen LogP contribution in [0.25, 0.3) is 0 Å². The Morgan fingerprint density at radius 2 is 1.91 bits per heavy atom. The maximum atomic E-state index is 12.9. The van der Waals surface area contributed by atoms with E-state index in [9.17, 15) is 4.39 Å². The second-order valence-corrected chi connectivity index (χ2v) is 5.42. The molecule has 0 bridgehead atoms. The monoisotopic (exact) mass is 434 g/mol. The van der Waals surface area contributed by atoms with Crippen molar-refractivity contribution in [3.63, 3.8) is 0 Å². The third-order valence-electron chi connectivity index (χ3n) is 3.42. The summed E-state index contributed by atoms with van der Waals surface area (Å²) in [6.07, 6.45) is 0.614. The second-order valence-electron chi connectivity index (χ2n) is 5.42. The van der Waals surface area contributed by atoms with Crippen molar-refractivity contribution < 1.29 is 87.5 Å². The normalized spacial score (nSPS) is 19.9. The summed E-state index contributed by atoms with van der Waals surface area (Å²) in [5.74, 6) is 1.57. The van der Waals surface area contributed by atoms with E-state index in [0.717, 1.165) is 12.0 Å². The summed E-state index contributed by atoms with van der Waals surface area (Å²) in [5.41, 5.74) is 0.912. The first-order chi connectivity index (χ1) is 10.7.